The van der Waals surface area contributed by atoms with Crippen molar-refractivity contribution in [3.8, 4) is 0 Å². The van der Waals surface area contributed by atoms with E-state index in [0.717, 1.165) is 23.6 Å². The van der Waals surface area contributed by atoms with Crippen LogP contribution in [0.5, 0.6) is 0 Å². The van der Waals surface area contributed by atoms with Gasteiger partial charge in [0.25, 0.3) is 5.91 Å². The SMILES string of the molecule is Cc1nc(Nc2ccc(NC(=O)c3ccc(F)cc3F)cc2)cc(N(C)C)n1. The standard InChI is InChI=1S/C20H19F2N5O/c1-12-23-18(11-19(24-12)27(2)3)25-14-5-7-15(8-6-14)26-20(28)16-9-4-13(21)10-17(16)22/h4-11H,1-3H3,(H,26,28)(H,23,24,25). The van der Waals surface area contributed by atoms with E-state index in [1.807, 2.05) is 32.0 Å². The average molecular weight is 383 g/mol. The minimum absolute atomic E-state index is 0.226. The minimum Gasteiger partial charge on any atom is -0.363 e. The van der Waals surface area contributed by atoms with Gasteiger partial charge in [0.05, 0.1) is 5.56 Å². The normalized spacial score (nSPS) is 10.5. The molecule has 8 heteroatoms. The molecular weight excluding hydrogens is 364 g/mol. The number of nitrogens with one attached hydrogen (secondary N) is 2. The summed E-state index contributed by atoms with van der Waals surface area (Å²) >= 11 is 0. The highest BCUT2D eigenvalue weighted by Gasteiger charge is 2.12. The molecule has 0 atom stereocenters. The fourth-order valence-corrected chi connectivity index (χ4v) is 2.50. The Balaban J connectivity index is 1.71. The maximum Gasteiger partial charge on any atom is 0.258 e. The highest BCUT2D eigenvalue weighted by Crippen LogP contribution is 2.21. The van der Waals surface area contributed by atoms with Crippen LogP contribution in [0.2, 0.25) is 0 Å². The monoisotopic (exact) mass is 383 g/mol. The summed E-state index contributed by atoms with van der Waals surface area (Å²) in [4.78, 5) is 22.7. The molecular formula is C20H19F2N5O. The van der Waals surface area contributed by atoms with Crippen LogP contribution in [-0.4, -0.2) is 30.0 Å². The number of nitrogens with zero attached hydrogens (tertiary/aromatic N) is 3. The Morgan fingerprint density at radius 2 is 1.64 bits per heavy atom. The summed E-state index contributed by atoms with van der Waals surface area (Å²) in [5.41, 5.74) is 1.01. The van der Waals surface area contributed by atoms with Crippen molar-refractivity contribution in [1.82, 2.24) is 9.97 Å². The van der Waals surface area contributed by atoms with E-state index >= 15 is 0 Å². The molecule has 3 aromatic rings. The van der Waals surface area contributed by atoms with Gasteiger partial charge in [-0.15, -0.1) is 0 Å². The molecule has 0 saturated heterocycles. The molecule has 6 nitrogen and oxygen atoms in total. The summed E-state index contributed by atoms with van der Waals surface area (Å²) in [6.45, 7) is 1.81. The molecule has 0 spiro atoms. The van der Waals surface area contributed by atoms with Gasteiger partial charge in [0.2, 0.25) is 0 Å². The lowest BCUT2D eigenvalue weighted by Crippen LogP contribution is -2.14. The first-order valence-electron chi connectivity index (χ1n) is 8.48. The Labute approximate surface area is 161 Å². The van der Waals surface area contributed by atoms with E-state index < -0.39 is 17.5 Å². The van der Waals surface area contributed by atoms with Crippen molar-refractivity contribution in [3.05, 3.63) is 71.6 Å². The third-order valence-electron chi connectivity index (χ3n) is 3.87. The number of aryl methyl sites for hydroxylation is 1. The Bertz CT molecular complexity index is 1010. The van der Waals surface area contributed by atoms with Crippen molar-refractivity contribution in [1.29, 1.82) is 0 Å². The number of hydrogen-bond donors (Lipinski definition) is 2. The van der Waals surface area contributed by atoms with Crippen LogP contribution in [0.4, 0.5) is 31.8 Å². The van der Waals surface area contributed by atoms with Gasteiger partial charge in [-0.2, -0.15) is 0 Å². The van der Waals surface area contributed by atoms with Crippen LogP contribution in [0, 0.1) is 18.6 Å². The largest absolute Gasteiger partial charge is 0.363 e. The molecule has 0 aliphatic heterocycles. The molecule has 0 saturated carbocycles. The van der Waals surface area contributed by atoms with Gasteiger partial charge < -0.3 is 15.5 Å². The molecule has 1 aromatic heterocycles. The van der Waals surface area contributed by atoms with E-state index in [4.69, 9.17) is 0 Å². The molecule has 1 heterocycles. The lowest BCUT2D eigenvalue weighted by molar-refractivity contribution is 0.102. The Morgan fingerprint density at radius 1 is 0.964 bits per heavy atom. The van der Waals surface area contributed by atoms with Crippen LogP contribution in [0.1, 0.15) is 16.2 Å². The summed E-state index contributed by atoms with van der Waals surface area (Å²) < 4.78 is 26.7. The summed E-state index contributed by atoms with van der Waals surface area (Å²) in [6.07, 6.45) is 0. The third kappa shape index (κ3) is 4.59. The molecule has 2 aromatic carbocycles. The number of benzene rings is 2. The smallest absolute Gasteiger partial charge is 0.258 e. The predicted molar refractivity (Wildman–Crippen MR) is 105 cm³/mol. The predicted octanol–water partition coefficient (Wildman–Crippen LogP) is 4.13. The second kappa shape index (κ2) is 7.99. The van der Waals surface area contributed by atoms with E-state index in [1.54, 1.807) is 24.3 Å². The zero-order valence-corrected chi connectivity index (χ0v) is 15.6. The Morgan fingerprint density at radius 3 is 2.29 bits per heavy atom. The van der Waals surface area contributed by atoms with Crippen molar-refractivity contribution in [2.75, 3.05) is 29.6 Å². The maximum absolute atomic E-state index is 13.7. The summed E-state index contributed by atoms with van der Waals surface area (Å²) in [5, 5.41) is 5.76. The molecule has 0 unspecified atom stereocenters. The van der Waals surface area contributed by atoms with Crippen LogP contribution in [0.25, 0.3) is 0 Å². The molecule has 0 radical (unpaired) electrons. The highest BCUT2D eigenvalue weighted by atomic mass is 19.1. The minimum atomic E-state index is -0.911. The van der Waals surface area contributed by atoms with Crippen LogP contribution in [0.3, 0.4) is 0 Å². The van der Waals surface area contributed by atoms with Gasteiger partial charge in [-0.05, 0) is 43.3 Å². The molecule has 28 heavy (non-hydrogen) atoms. The van der Waals surface area contributed by atoms with E-state index in [0.29, 0.717) is 23.4 Å². The van der Waals surface area contributed by atoms with Gasteiger partial charge in [-0.1, -0.05) is 0 Å². The molecule has 0 bridgehead atoms. The lowest BCUT2D eigenvalue weighted by atomic mass is 10.2. The van der Waals surface area contributed by atoms with Crippen molar-refractivity contribution >= 4 is 28.9 Å². The van der Waals surface area contributed by atoms with E-state index in [9.17, 15) is 13.6 Å². The summed E-state index contributed by atoms with van der Waals surface area (Å²) in [5.74, 6) is -0.241. The molecule has 0 aliphatic rings. The number of aromatic nitrogens is 2. The summed E-state index contributed by atoms with van der Waals surface area (Å²) in [7, 11) is 3.79. The zero-order chi connectivity index (χ0) is 20.3. The Kier molecular flexibility index (Phi) is 5.49. The highest BCUT2D eigenvalue weighted by molar-refractivity contribution is 6.04. The van der Waals surface area contributed by atoms with Crippen molar-refractivity contribution in [2.45, 2.75) is 6.92 Å². The molecule has 3 rings (SSSR count). The van der Waals surface area contributed by atoms with Gasteiger partial charge in [0.1, 0.15) is 29.1 Å². The molecule has 2 N–H and O–H groups in total. The average Bonchev–Trinajstić information content (AvgIpc) is 2.62. The Hall–Kier alpha value is -3.55. The fourth-order valence-electron chi connectivity index (χ4n) is 2.50. The van der Waals surface area contributed by atoms with E-state index in [1.165, 1.54) is 0 Å². The number of halogens is 2. The van der Waals surface area contributed by atoms with Crippen molar-refractivity contribution in [3.63, 3.8) is 0 Å². The van der Waals surface area contributed by atoms with Gasteiger partial charge >= 0.3 is 0 Å². The number of anilines is 4. The van der Waals surface area contributed by atoms with Crippen molar-refractivity contribution in [2.24, 2.45) is 0 Å². The number of amides is 1. The topological polar surface area (TPSA) is 70.2 Å². The number of hydrogen-bond acceptors (Lipinski definition) is 5. The van der Waals surface area contributed by atoms with Crippen molar-refractivity contribution < 1.29 is 13.6 Å². The van der Waals surface area contributed by atoms with Gasteiger partial charge in [0, 0.05) is 37.6 Å². The zero-order valence-electron chi connectivity index (χ0n) is 15.6. The lowest BCUT2D eigenvalue weighted by Gasteiger charge is -2.14. The van der Waals surface area contributed by atoms with Crippen LogP contribution in [0.15, 0.2) is 48.5 Å². The van der Waals surface area contributed by atoms with E-state index in [2.05, 4.69) is 20.6 Å². The van der Waals surface area contributed by atoms with Crippen LogP contribution < -0.4 is 15.5 Å². The number of carbonyl (C=O) groups excluding carboxylic acids is 1. The molecule has 0 fully saturated rings. The first-order chi connectivity index (χ1) is 13.3. The third-order valence-corrected chi connectivity index (χ3v) is 3.87. The second-order valence-corrected chi connectivity index (χ2v) is 6.33. The molecule has 1 amide bonds. The van der Waals surface area contributed by atoms with Gasteiger partial charge in [-0.25, -0.2) is 18.7 Å². The summed E-state index contributed by atoms with van der Waals surface area (Å²) in [6, 6.07) is 11.5. The second-order valence-electron chi connectivity index (χ2n) is 6.33. The fraction of sp³-hybridized carbons (Fsp3) is 0.150. The van der Waals surface area contributed by atoms with Crippen LogP contribution in [-0.2, 0) is 0 Å². The quantitative estimate of drug-likeness (QED) is 0.693. The van der Waals surface area contributed by atoms with Crippen LogP contribution >= 0.6 is 0 Å². The number of carbonyl (C=O) groups is 1. The molecule has 0 aliphatic carbocycles. The molecule has 144 valence electrons. The number of rotatable bonds is 5. The first kappa shape index (κ1) is 19.2. The van der Waals surface area contributed by atoms with Gasteiger partial charge in [0.15, 0.2) is 0 Å². The maximum atomic E-state index is 13.7. The van der Waals surface area contributed by atoms with E-state index in [-0.39, 0.29) is 5.56 Å². The van der Waals surface area contributed by atoms with Gasteiger partial charge in [-0.3, -0.25) is 4.79 Å². The first-order valence-corrected chi connectivity index (χ1v) is 8.48.